The van der Waals surface area contributed by atoms with Crippen LogP contribution in [-0.4, -0.2) is 30.0 Å². The van der Waals surface area contributed by atoms with Crippen molar-refractivity contribution in [3.63, 3.8) is 0 Å². The Labute approximate surface area is 151 Å². The number of urea groups is 1. The van der Waals surface area contributed by atoms with E-state index in [0.29, 0.717) is 10.6 Å². The molecule has 1 heterocycles. The van der Waals surface area contributed by atoms with Gasteiger partial charge in [0.1, 0.15) is 17.9 Å². The molecule has 3 rings (SSSR count). The lowest BCUT2D eigenvalue weighted by Gasteiger charge is -2.23. The minimum atomic E-state index is -1.17. The zero-order valence-corrected chi connectivity index (χ0v) is 14.8. The summed E-state index contributed by atoms with van der Waals surface area (Å²) in [5, 5.41) is 3.19. The molecular formula is C19H19ClN2O3. The molecule has 0 spiro atoms. The second-order valence-corrected chi connectivity index (χ2v) is 6.51. The van der Waals surface area contributed by atoms with Crippen LogP contribution in [0.2, 0.25) is 5.02 Å². The molecule has 1 saturated heterocycles. The maximum absolute atomic E-state index is 12.8. The van der Waals surface area contributed by atoms with E-state index in [0.717, 1.165) is 11.3 Å². The number of amides is 3. The Morgan fingerprint density at radius 3 is 2.52 bits per heavy atom. The molecule has 3 amide bonds. The average molecular weight is 359 g/mol. The molecule has 1 aliphatic rings. The van der Waals surface area contributed by atoms with Crippen LogP contribution >= 0.6 is 11.6 Å². The normalized spacial score (nSPS) is 19.9. The van der Waals surface area contributed by atoms with Crippen LogP contribution in [0.4, 0.5) is 4.79 Å². The van der Waals surface area contributed by atoms with Gasteiger partial charge >= 0.3 is 6.03 Å². The van der Waals surface area contributed by atoms with Crippen molar-refractivity contribution in [3.8, 4) is 5.75 Å². The predicted molar refractivity (Wildman–Crippen MR) is 95.7 cm³/mol. The van der Waals surface area contributed by atoms with Crippen molar-refractivity contribution in [1.29, 1.82) is 0 Å². The Bertz CT molecular complexity index is 824. The highest BCUT2D eigenvalue weighted by Gasteiger charge is 2.49. The number of imide groups is 1. The highest BCUT2D eigenvalue weighted by Crippen LogP contribution is 2.33. The van der Waals surface area contributed by atoms with Crippen LogP contribution in [0.15, 0.2) is 48.5 Å². The molecule has 2 aromatic rings. The molecule has 0 saturated carbocycles. The van der Waals surface area contributed by atoms with Crippen molar-refractivity contribution >= 4 is 23.5 Å². The largest absolute Gasteiger partial charge is 0.491 e. The predicted octanol–water partition coefficient (Wildman–Crippen LogP) is 3.49. The van der Waals surface area contributed by atoms with Crippen molar-refractivity contribution in [1.82, 2.24) is 10.2 Å². The van der Waals surface area contributed by atoms with E-state index in [1.807, 2.05) is 31.2 Å². The number of hydrogen-bond donors (Lipinski definition) is 1. The number of halogens is 1. The average Bonchev–Trinajstić information content (AvgIpc) is 2.80. The lowest BCUT2D eigenvalue weighted by molar-refractivity contribution is -0.131. The molecular weight excluding hydrogens is 340 g/mol. The molecule has 1 aliphatic heterocycles. The van der Waals surface area contributed by atoms with Crippen LogP contribution < -0.4 is 10.1 Å². The molecule has 25 heavy (non-hydrogen) atoms. The third kappa shape index (κ3) is 3.20. The highest BCUT2D eigenvalue weighted by atomic mass is 35.5. The van der Waals surface area contributed by atoms with Gasteiger partial charge in [-0.1, -0.05) is 48.0 Å². The highest BCUT2D eigenvalue weighted by molar-refractivity contribution is 6.32. The number of aryl methyl sites for hydroxylation is 1. The minimum absolute atomic E-state index is 0.166. The van der Waals surface area contributed by atoms with Gasteiger partial charge in [-0.05, 0) is 31.5 Å². The molecule has 1 N–H and O–H groups in total. The number of nitrogens with zero attached hydrogens (tertiary/aromatic N) is 1. The Kier molecular flexibility index (Phi) is 4.68. The first-order valence-electron chi connectivity index (χ1n) is 8.01. The number of rotatable bonds is 5. The van der Waals surface area contributed by atoms with Gasteiger partial charge in [0.15, 0.2) is 0 Å². The SMILES string of the molecule is Cc1ccccc1OCCN1C(=O)N[C@@](C)(c2ccccc2Cl)C1=O. The van der Waals surface area contributed by atoms with E-state index in [1.165, 1.54) is 4.90 Å². The van der Waals surface area contributed by atoms with E-state index in [1.54, 1.807) is 31.2 Å². The van der Waals surface area contributed by atoms with Gasteiger partial charge in [0, 0.05) is 10.6 Å². The first-order chi connectivity index (χ1) is 11.9. The molecule has 0 bridgehead atoms. The lowest BCUT2D eigenvalue weighted by Crippen LogP contribution is -2.41. The van der Waals surface area contributed by atoms with Gasteiger partial charge in [-0.25, -0.2) is 4.79 Å². The van der Waals surface area contributed by atoms with Gasteiger partial charge in [-0.3, -0.25) is 9.69 Å². The zero-order chi connectivity index (χ0) is 18.0. The Balaban J connectivity index is 1.72. The van der Waals surface area contributed by atoms with Crippen molar-refractivity contribution < 1.29 is 14.3 Å². The molecule has 0 aromatic heterocycles. The van der Waals surface area contributed by atoms with Gasteiger partial charge in [0.05, 0.1) is 6.54 Å². The molecule has 130 valence electrons. The van der Waals surface area contributed by atoms with Gasteiger partial charge in [0.25, 0.3) is 5.91 Å². The fraction of sp³-hybridized carbons (Fsp3) is 0.263. The molecule has 1 atom stereocenters. The van der Waals surface area contributed by atoms with Gasteiger partial charge in [-0.15, -0.1) is 0 Å². The third-order valence-electron chi connectivity index (χ3n) is 4.35. The smallest absolute Gasteiger partial charge is 0.325 e. The summed E-state index contributed by atoms with van der Waals surface area (Å²) in [6.45, 7) is 4.00. The molecule has 1 fully saturated rings. The topological polar surface area (TPSA) is 58.6 Å². The number of para-hydroxylation sites is 1. The summed E-state index contributed by atoms with van der Waals surface area (Å²) in [6.07, 6.45) is 0. The Hall–Kier alpha value is -2.53. The molecule has 5 nitrogen and oxygen atoms in total. The number of benzene rings is 2. The van der Waals surface area contributed by atoms with Crippen LogP contribution in [0.3, 0.4) is 0 Å². The van der Waals surface area contributed by atoms with Crippen LogP contribution in [0, 0.1) is 6.92 Å². The van der Waals surface area contributed by atoms with Crippen LogP contribution in [0.5, 0.6) is 5.75 Å². The molecule has 0 unspecified atom stereocenters. The summed E-state index contributed by atoms with van der Waals surface area (Å²) < 4.78 is 5.69. The van der Waals surface area contributed by atoms with Gasteiger partial charge < -0.3 is 10.1 Å². The maximum atomic E-state index is 12.8. The second-order valence-electron chi connectivity index (χ2n) is 6.11. The third-order valence-corrected chi connectivity index (χ3v) is 4.68. The van der Waals surface area contributed by atoms with E-state index in [9.17, 15) is 9.59 Å². The van der Waals surface area contributed by atoms with Gasteiger partial charge in [-0.2, -0.15) is 0 Å². The molecule has 0 aliphatic carbocycles. The van der Waals surface area contributed by atoms with E-state index < -0.39 is 11.6 Å². The minimum Gasteiger partial charge on any atom is -0.491 e. The summed E-state index contributed by atoms with van der Waals surface area (Å²) in [4.78, 5) is 26.3. The standard InChI is InChI=1S/C19H19ClN2O3/c1-13-7-3-6-10-16(13)25-12-11-22-17(23)19(2,21-18(22)24)14-8-4-5-9-15(14)20/h3-10H,11-12H2,1-2H3,(H,21,24)/t19-/m0/s1. The quantitative estimate of drug-likeness (QED) is 0.832. The maximum Gasteiger partial charge on any atom is 0.325 e. The van der Waals surface area contributed by atoms with Crippen LogP contribution in [0.25, 0.3) is 0 Å². The van der Waals surface area contributed by atoms with E-state index in [2.05, 4.69) is 5.32 Å². The van der Waals surface area contributed by atoms with Crippen molar-refractivity contribution in [3.05, 3.63) is 64.7 Å². The summed E-state index contributed by atoms with van der Waals surface area (Å²) in [5.41, 5.74) is 0.413. The summed E-state index contributed by atoms with van der Waals surface area (Å²) in [5.74, 6) is 0.405. The number of ether oxygens (including phenoxy) is 1. The van der Waals surface area contributed by atoms with E-state index in [-0.39, 0.29) is 19.1 Å². The lowest BCUT2D eigenvalue weighted by atomic mass is 9.92. The molecule has 0 radical (unpaired) electrons. The Morgan fingerprint density at radius 2 is 1.80 bits per heavy atom. The number of hydrogen-bond acceptors (Lipinski definition) is 3. The first kappa shape index (κ1) is 17.3. The summed E-state index contributed by atoms with van der Waals surface area (Å²) >= 11 is 6.21. The van der Waals surface area contributed by atoms with E-state index >= 15 is 0 Å². The van der Waals surface area contributed by atoms with Crippen molar-refractivity contribution in [2.75, 3.05) is 13.2 Å². The van der Waals surface area contributed by atoms with Crippen LogP contribution in [0.1, 0.15) is 18.1 Å². The van der Waals surface area contributed by atoms with Crippen molar-refractivity contribution in [2.45, 2.75) is 19.4 Å². The fourth-order valence-electron chi connectivity index (χ4n) is 2.91. The van der Waals surface area contributed by atoms with Gasteiger partial charge in [0.2, 0.25) is 0 Å². The fourth-order valence-corrected chi connectivity index (χ4v) is 3.24. The number of carbonyl (C=O) groups excluding carboxylic acids is 2. The second kappa shape index (κ2) is 6.76. The number of nitrogens with one attached hydrogen (secondary N) is 1. The summed E-state index contributed by atoms with van der Waals surface area (Å²) in [7, 11) is 0. The van der Waals surface area contributed by atoms with Crippen molar-refractivity contribution in [2.24, 2.45) is 0 Å². The monoisotopic (exact) mass is 358 g/mol. The van der Waals surface area contributed by atoms with E-state index in [4.69, 9.17) is 16.3 Å². The molecule has 2 aromatic carbocycles. The Morgan fingerprint density at radius 1 is 1.12 bits per heavy atom. The molecule has 6 heteroatoms. The number of carbonyl (C=O) groups is 2. The zero-order valence-electron chi connectivity index (χ0n) is 14.1. The summed E-state index contributed by atoms with van der Waals surface area (Å²) in [6, 6.07) is 14.2. The van der Waals surface area contributed by atoms with Crippen LogP contribution in [-0.2, 0) is 10.3 Å². The first-order valence-corrected chi connectivity index (χ1v) is 8.39.